The van der Waals surface area contributed by atoms with Gasteiger partial charge in [0.05, 0.1) is 5.54 Å². The zero-order valence-electron chi connectivity index (χ0n) is 20.3. The zero-order valence-corrected chi connectivity index (χ0v) is 21.0. The second kappa shape index (κ2) is 9.85. The van der Waals surface area contributed by atoms with Gasteiger partial charge in [0.2, 0.25) is 5.91 Å². The minimum Gasteiger partial charge on any atom is -0.465 e. The van der Waals surface area contributed by atoms with Crippen LogP contribution in [0.4, 0.5) is 10.6 Å². The molecule has 1 aromatic carbocycles. The highest BCUT2D eigenvalue weighted by molar-refractivity contribution is 6.30. The van der Waals surface area contributed by atoms with Crippen LogP contribution < -0.4 is 4.90 Å². The van der Waals surface area contributed by atoms with Crippen LogP contribution in [0.5, 0.6) is 0 Å². The number of carbonyl (C=O) groups excluding carboxylic acids is 2. The summed E-state index contributed by atoms with van der Waals surface area (Å²) in [6.45, 7) is 5.63. The second-order valence-electron chi connectivity index (χ2n) is 9.74. The molecule has 4 rings (SSSR count). The van der Waals surface area contributed by atoms with Gasteiger partial charge in [0, 0.05) is 61.8 Å². The number of nitrogens with zero attached hydrogens (tertiary/aromatic N) is 4. The highest BCUT2D eigenvalue weighted by Crippen LogP contribution is 2.41. The number of rotatable bonds is 5. The molecule has 2 fully saturated rings. The summed E-state index contributed by atoms with van der Waals surface area (Å²) in [5.41, 5.74) is 0.797. The summed E-state index contributed by atoms with van der Waals surface area (Å²) >= 11 is 6.07. The Labute approximate surface area is 210 Å². The molecular weight excluding hydrogens is 468 g/mol. The van der Waals surface area contributed by atoms with Crippen molar-refractivity contribution in [1.29, 1.82) is 0 Å². The maximum Gasteiger partial charge on any atom is 0.407 e. The number of carboxylic acid groups (broad SMARTS) is 1. The van der Waals surface area contributed by atoms with E-state index in [2.05, 4.69) is 9.88 Å². The van der Waals surface area contributed by atoms with Crippen LogP contribution in [-0.4, -0.2) is 76.4 Å². The van der Waals surface area contributed by atoms with Gasteiger partial charge < -0.3 is 19.8 Å². The number of anilines is 1. The number of benzene rings is 1. The predicted molar refractivity (Wildman–Crippen MR) is 134 cm³/mol. The van der Waals surface area contributed by atoms with Crippen LogP contribution >= 0.6 is 11.6 Å². The van der Waals surface area contributed by atoms with E-state index in [-0.39, 0.29) is 23.5 Å². The van der Waals surface area contributed by atoms with Gasteiger partial charge in [-0.1, -0.05) is 23.7 Å². The lowest BCUT2D eigenvalue weighted by Gasteiger charge is -2.38. The highest BCUT2D eigenvalue weighted by atomic mass is 35.5. The van der Waals surface area contributed by atoms with Gasteiger partial charge in [-0.15, -0.1) is 0 Å². The van der Waals surface area contributed by atoms with Gasteiger partial charge in [-0.25, -0.2) is 9.78 Å². The standard InChI is InChI=1S/C26H31ClN4O4/c1-17(32)20-6-9-23(28-14-20)30-12-10-19(11-13-30)24(33)31-15-22(18-4-7-21(27)8-5-18)26(2,16-31)29(3)25(34)35/h4-9,14,19,22H,10-13,15-16H2,1-3H3,(H,34,35)/t22-,26+/m1/s1. The van der Waals surface area contributed by atoms with Crippen LogP contribution in [0, 0.1) is 5.92 Å². The third kappa shape index (κ3) is 4.98. The molecule has 2 saturated heterocycles. The molecule has 186 valence electrons. The summed E-state index contributed by atoms with van der Waals surface area (Å²) in [7, 11) is 1.57. The van der Waals surface area contributed by atoms with Gasteiger partial charge in [-0.05, 0) is 56.5 Å². The molecule has 35 heavy (non-hydrogen) atoms. The fourth-order valence-corrected chi connectivity index (χ4v) is 5.39. The van der Waals surface area contributed by atoms with Crippen molar-refractivity contribution in [2.24, 2.45) is 5.92 Å². The Morgan fingerprint density at radius 3 is 2.31 bits per heavy atom. The minimum absolute atomic E-state index is 0.0172. The fourth-order valence-electron chi connectivity index (χ4n) is 5.26. The Bertz CT molecular complexity index is 1100. The smallest absolute Gasteiger partial charge is 0.407 e. The van der Waals surface area contributed by atoms with E-state index in [4.69, 9.17) is 11.6 Å². The second-order valence-corrected chi connectivity index (χ2v) is 10.2. The lowest BCUT2D eigenvalue weighted by Crippen LogP contribution is -2.52. The molecule has 0 spiro atoms. The van der Waals surface area contributed by atoms with E-state index < -0.39 is 11.6 Å². The molecule has 1 N–H and O–H groups in total. The van der Waals surface area contributed by atoms with E-state index in [1.807, 2.05) is 30.0 Å². The molecule has 1 aromatic heterocycles. The summed E-state index contributed by atoms with van der Waals surface area (Å²) in [4.78, 5) is 46.7. The molecular formula is C26H31ClN4O4. The fraction of sp³-hybridized carbons (Fsp3) is 0.462. The van der Waals surface area contributed by atoms with Crippen molar-refractivity contribution in [2.75, 3.05) is 38.1 Å². The SMILES string of the molecule is CC(=O)c1ccc(N2CCC(C(=O)N3C[C@H](c4ccc(Cl)cc4)[C@@](C)(N(C)C(=O)O)C3)CC2)nc1. The number of carbonyl (C=O) groups is 3. The number of ketones is 1. The van der Waals surface area contributed by atoms with Crippen LogP contribution in [0.3, 0.4) is 0 Å². The molecule has 9 heteroatoms. The van der Waals surface area contributed by atoms with Crippen molar-refractivity contribution in [1.82, 2.24) is 14.8 Å². The third-order valence-electron chi connectivity index (χ3n) is 7.62. The first-order valence-corrected chi connectivity index (χ1v) is 12.2. The average molecular weight is 499 g/mol. The van der Waals surface area contributed by atoms with E-state index in [0.29, 0.717) is 49.6 Å². The van der Waals surface area contributed by atoms with E-state index in [9.17, 15) is 19.5 Å². The zero-order chi connectivity index (χ0) is 25.3. The Balaban J connectivity index is 1.46. The molecule has 0 radical (unpaired) electrons. The van der Waals surface area contributed by atoms with Crippen molar-refractivity contribution in [3.8, 4) is 0 Å². The van der Waals surface area contributed by atoms with Crippen molar-refractivity contribution in [3.63, 3.8) is 0 Å². The molecule has 2 amide bonds. The van der Waals surface area contributed by atoms with Gasteiger partial charge in [0.25, 0.3) is 0 Å². The molecule has 0 unspecified atom stereocenters. The molecule has 0 saturated carbocycles. The maximum absolute atomic E-state index is 13.5. The Morgan fingerprint density at radius 1 is 1.11 bits per heavy atom. The van der Waals surface area contributed by atoms with Crippen LogP contribution in [0.25, 0.3) is 0 Å². The Hall–Kier alpha value is -3.13. The average Bonchev–Trinajstić information content (AvgIpc) is 3.22. The largest absolute Gasteiger partial charge is 0.465 e. The number of amides is 2. The third-order valence-corrected chi connectivity index (χ3v) is 7.88. The molecule has 2 atom stereocenters. The summed E-state index contributed by atoms with van der Waals surface area (Å²) < 4.78 is 0. The highest BCUT2D eigenvalue weighted by Gasteiger charge is 2.50. The van der Waals surface area contributed by atoms with Crippen molar-refractivity contribution in [3.05, 3.63) is 58.7 Å². The Kier molecular flexibility index (Phi) is 7.03. The number of aromatic nitrogens is 1. The van der Waals surface area contributed by atoms with Crippen molar-refractivity contribution < 1.29 is 19.5 Å². The topological polar surface area (TPSA) is 94.1 Å². The van der Waals surface area contributed by atoms with E-state index in [1.165, 1.54) is 11.8 Å². The molecule has 2 aliphatic heterocycles. The first kappa shape index (κ1) is 25.0. The van der Waals surface area contributed by atoms with Crippen LogP contribution in [0.2, 0.25) is 5.02 Å². The lowest BCUT2D eigenvalue weighted by atomic mass is 9.82. The molecule has 3 heterocycles. The van der Waals surface area contributed by atoms with Crippen molar-refractivity contribution >= 4 is 35.2 Å². The van der Waals surface area contributed by atoms with Crippen LogP contribution in [0.1, 0.15) is 48.5 Å². The summed E-state index contributed by atoms with van der Waals surface area (Å²) in [6.07, 6.45) is 1.97. The normalized spacial score (nSPS) is 22.8. The minimum atomic E-state index is -1.02. The Morgan fingerprint density at radius 2 is 1.77 bits per heavy atom. The number of hydrogen-bond acceptors (Lipinski definition) is 5. The first-order chi connectivity index (χ1) is 16.6. The van der Waals surface area contributed by atoms with Crippen LogP contribution in [-0.2, 0) is 4.79 Å². The van der Waals surface area contributed by atoms with Gasteiger partial charge in [0.1, 0.15) is 5.82 Å². The number of hydrogen-bond donors (Lipinski definition) is 1. The van der Waals surface area contributed by atoms with Gasteiger partial charge >= 0.3 is 6.09 Å². The molecule has 0 bridgehead atoms. The van der Waals surface area contributed by atoms with E-state index in [1.54, 1.807) is 31.4 Å². The number of likely N-dealkylation sites (tertiary alicyclic amines) is 1. The predicted octanol–water partition coefficient (Wildman–Crippen LogP) is 4.15. The van der Waals surface area contributed by atoms with Gasteiger partial charge in [-0.2, -0.15) is 0 Å². The molecule has 2 aromatic rings. The first-order valence-electron chi connectivity index (χ1n) is 11.8. The van der Waals surface area contributed by atoms with Gasteiger partial charge in [0.15, 0.2) is 5.78 Å². The van der Waals surface area contributed by atoms with Gasteiger partial charge in [-0.3, -0.25) is 9.59 Å². The summed E-state index contributed by atoms with van der Waals surface area (Å²) in [5.74, 6) is 0.586. The molecule has 0 aliphatic carbocycles. The molecule has 2 aliphatic rings. The van der Waals surface area contributed by atoms with E-state index in [0.717, 1.165) is 11.4 Å². The quantitative estimate of drug-likeness (QED) is 0.622. The number of halogens is 1. The summed E-state index contributed by atoms with van der Waals surface area (Å²) in [5, 5.41) is 10.4. The number of Topliss-reactive ketones (excluding diaryl/α,β-unsaturated/α-hetero) is 1. The van der Waals surface area contributed by atoms with Crippen molar-refractivity contribution in [2.45, 2.75) is 38.1 Å². The lowest BCUT2D eigenvalue weighted by molar-refractivity contribution is -0.135. The monoisotopic (exact) mass is 498 g/mol. The van der Waals surface area contributed by atoms with Crippen LogP contribution in [0.15, 0.2) is 42.6 Å². The number of piperidine rings is 1. The molecule has 8 nitrogen and oxygen atoms in total. The number of likely N-dealkylation sites (N-methyl/N-ethyl adjacent to an activating group) is 1. The summed E-state index contributed by atoms with van der Waals surface area (Å²) in [6, 6.07) is 11.1. The maximum atomic E-state index is 13.5. The van der Waals surface area contributed by atoms with E-state index >= 15 is 0 Å². The number of pyridine rings is 1.